The monoisotopic (exact) mass is 188 g/mol. The molecule has 0 heterocycles. The van der Waals surface area contributed by atoms with Gasteiger partial charge in [0.15, 0.2) is 5.17 Å². The number of nitrogens with one attached hydrogen (secondary N) is 1. The second kappa shape index (κ2) is 7.47. The van der Waals surface area contributed by atoms with Gasteiger partial charge in [-0.25, -0.2) is 0 Å². The van der Waals surface area contributed by atoms with Crippen LogP contribution in [0.4, 0.5) is 0 Å². The van der Waals surface area contributed by atoms with Crippen molar-refractivity contribution in [3.63, 3.8) is 0 Å². The molecule has 0 aromatic carbocycles. The number of hydrogen-bond acceptors (Lipinski definition) is 2. The van der Waals surface area contributed by atoms with E-state index in [-0.39, 0.29) is 0 Å². The average molecular weight is 188 g/mol. The topological polar surface area (TPSA) is 24.4 Å². The summed E-state index contributed by atoms with van der Waals surface area (Å²) in [7, 11) is 1.83. The lowest BCUT2D eigenvalue weighted by molar-refractivity contribution is 0.579. The molecule has 0 bridgehead atoms. The lowest BCUT2D eigenvalue weighted by Gasteiger charge is -2.08. The van der Waals surface area contributed by atoms with E-state index < -0.39 is 0 Å². The molecule has 0 unspecified atom stereocenters. The van der Waals surface area contributed by atoms with Crippen molar-refractivity contribution in [3.05, 3.63) is 0 Å². The maximum absolute atomic E-state index is 4.14. The molecule has 0 aliphatic heterocycles. The highest BCUT2D eigenvalue weighted by molar-refractivity contribution is 8.13. The molecular formula is C9H20N2S. The van der Waals surface area contributed by atoms with E-state index in [9.17, 15) is 0 Å². The molecular weight excluding hydrogens is 168 g/mol. The van der Waals surface area contributed by atoms with Crippen molar-refractivity contribution < 1.29 is 0 Å². The molecule has 0 amide bonds. The molecule has 0 atom stereocenters. The normalized spacial score (nSPS) is 12.2. The smallest absolute Gasteiger partial charge is 0.156 e. The van der Waals surface area contributed by atoms with E-state index in [1.54, 1.807) is 11.8 Å². The molecule has 0 spiro atoms. The minimum atomic E-state index is 0.766. The van der Waals surface area contributed by atoms with E-state index in [1.165, 1.54) is 6.42 Å². The third kappa shape index (κ3) is 6.53. The minimum absolute atomic E-state index is 0.766. The van der Waals surface area contributed by atoms with Crippen LogP contribution >= 0.6 is 11.8 Å². The average Bonchev–Trinajstić information content (AvgIpc) is 2.02. The van der Waals surface area contributed by atoms with Crippen molar-refractivity contribution in [2.24, 2.45) is 10.9 Å². The minimum Gasteiger partial charge on any atom is -0.365 e. The van der Waals surface area contributed by atoms with Gasteiger partial charge in [-0.05, 0) is 18.1 Å². The van der Waals surface area contributed by atoms with Crippen LogP contribution in [0.15, 0.2) is 4.99 Å². The summed E-state index contributed by atoms with van der Waals surface area (Å²) in [5, 5.41) is 4.38. The molecule has 0 saturated carbocycles. The fraction of sp³-hybridized carbons (Fsp3) is 0.889. The first-order valence-corrected chi connectivity index (χ1v) is 5.52. The largest absolute Gasteiger partial charge is 0.365 e. The first-order valence-electron chi connectivity index (χ1n) is 4.54. The summed E-state index contributed by atoms with van der Waals surface area (Å²) in [6, 6.07) is 0. The van der Waals surface area contributed by atoms with E-state index in [0.717, 1.165) is 23.4 Å². The van der Waals surface area contributed by atoms with Gasteiger partial charge in [-0.1, -0.05) is 32.5 Å². The molecule has 0 aromatic rings. The van der Waals surface area contributed by atoms with Gasteiger partial charge in [0.2, 0.25) is 0 Å². The Hall–Kier alpha value is -0.180. The van der Waals surface area contributed by atoms with Crippen LogP contribution in [0.2, 0.25) is 0 Å². The Morgan fingerprint density at radius 1 is 1.50 bits per heavy atom. The van der Waals surface area contributed by atoms with Crippen molar-refractivity contribution in [2.45, 2.75) is 27.2 Å². The van der Waals surface area contributed by atoms with Gasteiger partial charge in [0, 0.05) is 13.6 Å². The van der Waals surface area contributed by atoms with Crippen LogP contribution in [0.5, 0.6) is 0 Å². The summed E-state index contributed by atoms with van der Waals surface area (Å²) < 4.78 is 0. The van der Waals surface area contributed by atoms with E-state index >= 15 is 0 Å². The van der Waals surface area contributed by atoms with Gasteiger partial charge in [-0.15, -0.1) is 0 Å². The molecule has 12 heavy (non-hydrogen) atoms. The maximum Gasteiger partial charge on any atom is 0.156 e. The fourth-order valence-electron chi connectivity index (χ4n) is 0.799. The van der Waals surface area contributed by atoms with Crippen LogP contribution in [0.1, 0.15) is 27.2 Å². The molecule has 0 aliphatic carbocycles. The zero-order valence-electron chi connectivity index (χ0n) is 8.55. The second-order valence-electron chi connectivity index (χ2n) is 3.07. The van der Waals surface area contributed by atoms with E-state index in [0.29, 0.717) is 0 Å². The lowest BCUT2D eigenvalue weighted by atomic mass is 10.1. The summed E-state index contributed by atoms with van der Waals surface area (Å²) in [5.41, 5.74) is 0. The lowest BCUT2D eigenvalue weighted by Crippen LogP contribution is -2.22. The van der Waals surface area contributed by atoms with E-state index in [4.69, 9.17) is 0 Å². The number of nitrogens with zero attached hydrogens (tertiary/aromatic N) is 1. The summed E-state index contributed by atoms with van der Waals surface area (Å²) in [6.45, 7) is 7.64. The Kier molecular flexibility index (Phi) is 7.36. The number of hydrogen-bond donors (Lipinski definition) is 1. The van der Waals surface area contributed by atoms with Gasteiger partial charge in [0.25, 0.3) is 0 Å². The van der Waals surface area contributed by atoms with Crippen molar-refractivity contribution in [1.82, 2.24) is 5.32 Å². The molecule has 2 nitrogen and oxygen atoms in total. The fourth-order valence-corrected chi connectivity index (χ4v) is 1.41. The summed E-state index contributed by atoms with van der Waals surface area (Å²) in [5.74, 6) is 1.85. The van der Waals surface area contributed by atoms with Crippen LogP contribution in [0.3, 0.4) is 0 Å². The maximum atomic E-state index is 4.14. The number of thioether (sulfide) groups is 1. The molecule has 0 aromatic heterocycles. The Morgan fingerprint density at radius 3 is 2.58 bits per heavy atom. The zero-order chi connectivity index (χ0) is 9.40. The molecule has 72 valence electrons. The molecule has 0 saturated heterocycles. The zero-order valence-corrected chi connectivity index (χ0v) is 9.37. The van der Waals surface area contributed by atoms with Crippen molar-refractivity contribution in [2.75, 3.05) is 19.3 Å². The van der Waals surface area contributed by atoms with Gasteiger partial charge in [-0.3, -0.25) is 4.99 Å². The Bertz CT molecular complexity index is 132. The summed E-state index contributed by atoms with van der Waals surface area (Å²) >= 11 is 1.77. The number of amidine groups is 1. The molecule has 0 rings (SSSR count). The quantitative estimate of drug-likeness (QED) is 0.541. The van der Waals surface area contributed by atoms with Crippen LogP contribution in [-0.4, -0.2) is 24.5 Å². The molecule has 1 N–H and O–H groups in total. The van der Waals surface area contributed by atoms with E-state index in [2.05, 4.69) is 31.1 Å². The van der Waals surface area contributed by atoms with Crippen LogP contribution in [-0.2, 0) is 0 Å². The predicted molar refractivity (Wildman–Crippen MR) is 58.9 cm³/mol. The van der Waals surface area contributed by atoms with Crippen molar-refractivity contribution in [1.29, 1.82) is 0 Å². The van der Waals surface area contributed by atoms with Crippen molar-refractivity contribution in [3.8, 4) is 0 Å². The predicted octanol–water partition coefficient (Wildman–Crippen LogP) is 2.36. The number of aliphatic imine (C=N–C) groups is 1. The van der Waals surface area contributed by atoms with Gasteiger partial charge >= 0.3 is 0 Å². The molecule has 0 radical (unpaired) electrons. The Labute approximate surface area is 80.2 Å². The van der Waals surface area contributed by atoms with Gasteiger partial charge in [-0.2, -0.15) is 0 Å². The summed E-state index contributed by atoms with van der Waals surface area (Å²) in [6.07, 6.45) is 1.21. The molecule has 0 fully saturated rings. The Balaban J connectivity index is 3.46. The first-order chi connectivity index (χ1) is 5.70. The highest BCUT2D eigenvalue weighted by Crippen LogP contribution is 2.01. The van der Waals surface area contributed by atoms with Gasteiger partial charge in [0.05, 0.1) is 0 Å². The standard InChI is InChI=1S/C9H20N2S/c1-5-12-9(10-4)11-7-6-8(2)3/h8H,5-7H2,1-4H3,(H,10,11). The molecule has 3 heteroatoms. The van der Waals surface area contributed by atoms with E-state index in [1.807, 2.05) is 7.05 Å². The van der Waals surface area contributed by atoms with Crippen molar-refractivity contribution >= 4 is 16.9 Å². The SMILES string of the molecule is CCSC(=NC)NCCC(C)C. The van der Waals surface area contributed by atoms with Crippen LogP contribution in [0.25, 0.3) is 0 Å². The highest BCUT2D eigenvalue weighted by Gasteiger charge is 1.97. The summed E-state index contributed by atoms with van der Waals surface area (Å²) in [4.78, 5) is 4.14. The third-order valence-corrected chi connectivity index (χ3v) is 2.37. The molecule has 0 aliphatic rings. The first kappa shape index (κ1) is 11.8. The Morgan fingerprint density at radius 2 is 2.17 bits per heavy atom. The second-order valence-corrected chi connectivity index (χ2v) is 4.32. The van der Waals surface area contributed by atoms with Gasteiger partial charge < -0.3 is 5.32 Å². The third-order valence-electron chi connectivity index (χ3n) is 1.48. The van der Waals surface area contributed by atoms with Crippen LogP contribution < -0.4 is 5.32 Å². The highest BCUT2D eigenvalue weighted by atomic mass is 32.2. The van der Waals surface area contributed by atoms with Gasteiger partial charge in [0.1, 0.15) is 0 Å². The van der Waals surface area contributed by atoms with Crippen LogP contribution in [0, 0.1) is 5.92 Å². The number of rotatable bonds is 4.